The zero-order valence-corrected chi connectivity index (χ0v) is 19.3. The van der Waals surface area contributed by atoms with Crippen LogP contribution in [-0.4, -0.2) is 35.3 Å². The maximum absolute atomic E-state index is 13.6. The van der Waals surface area contributed by atoms with Crippen molar-refractivity contribution < 1.29 is 9.59 Å². The van der Waals surface area contributed by atoms with Crippen molar-refractivity contribution in [1.29, 1.82) is 0 Å². The van der Waals surface area contributed by atoms with Crippen molar-refractivity contribution in [2.24, 2.45) is 16.7 Å². The molecule has 4 nitrogen and oxygen atoms in total. The van der Waals surface area contributed by atoms with E-state index in [9.17, 15) is 9.59 Å². The summed E-state index contributed by atoms with van der Waals surface area (Å²) in [5, 5.41) is 3.05. The summed E-state index contributed by atoms with van der Waals surface area (Å²) < 4.78 is 0.857. The number of amides is 2. The van der Waals surface area contributed by atoms with Crippen molar-refractivity contribution in [2.45, 2.75) is 72.4 Å². The second-order valence-electron chi connectivity index (χ2n) is 10.0. The van der Waals surface area contributed by atoms with Crippen LogP contribution in [0.3, 0.4) is 0 Å². The van der Waals surface area contributed by atoms with Gasteiger partial charge in [0.25, 0.3) is 5.91 Å². The number of carbonyl (C=O) groups excluding carboxylic acids is 2. The summed E-state index contributed by atoms with van der Waals surface area (Å²) in [5.74, 6) is -0.0114. The van der Waals surface area contributed by atoms with Gasteiger partial charge in [0.2, 0.25) is 5.91 Å². The van der Waals surface area contributed by atoms with E-state index in [1.54, 1.807) is 12.1 Å². The minimum absolute atomic E-state index is 0.0871. The topological polar surface area (TPSA) is 49.4 Å². The summed E-state index contributed by atoms with van der Waals surface area (Å²) in [6.07, 6.45) is 4.12. The van der Waals surface area contributed by atoms with Crippen molar-refractivity contribution in [1.82, 2.24) is 10.2 Å². The first kappa shape index (κ1) is 21.4. The van der Waals surface area contributed by atoms with Crippen LogP contribution in [0.25, 0.3) is 0 Å². The predicted octanol–water partition coefficient (Wildman–Crippen LogP) is 5.02. The van der Waals surface area contributed by atoms with Gasteiger partial charge in [0.05, 0.1) is 0 Å². The first-order valence-corrected chi connectivity index (χ1v) is 11.2. The molecule has 1 saturated heterocycles. The zero-order valence-electron chi connectivity index (χ0n) is 17.7. The minimum Gasteiger partial charge on any atom is -0.340 e. The Hall–Kier alpha value is -1.36. The molecule has 1 aromatic rings. The highest BCUT2D eigenvalue weighted by Gasteiger charge is 2.52. The maximum atomic E-state index is 13.6. The van der Waals surface area contributed by atoms with Gasteiger partial charge in [0, 0.05) is 22.6 Å². The van der Waals surface area contributed by atoms with Gasteiger partial charge in [0.15, 0.2) is 0 Å². The van der Waals surface area contributed by atoms with Gasteiger partial charge < -0.3 is 10.2 Å². The van der Waals surface area contributed by atoms with Crippen molar-refractivity contribution in [3.05, 3.63) is 34.3 Å². The number of hydrogen-bond donors (Lipinski definition) is 1. The van der Waals surface area contributed by atoms with Gasteiger partial charge in [0.1, 0.15) is 6.04 Å². The average Bonchev–Trinajstić information content (AvgIpc) is 2.87. The quantitative estimate of drug-likeness (QED) is 0.686. The standard InChI is InChI=1S/C23H33BrN2O2/c1-6-15(2)19(25-20(27)16-8-7-9-17(24)10-16)21(28)26-14-23(5)12-18(26)11-22(3,4)13-23/h7-10,15,18-19H,6,11-14H2,1-5H3,(H,25,27). The van der Waals surface area contributed by atoms with E-state index in [2.05, 4.69) is 60.8 Å². The van der Waals surface area contributed by atoms with Crippen LogP contribution < -0.4 is 5.32 Å². The van der Waals surface area contributed by atoms with E-state index in [4.69, 9.17) is 0 Å². The fraction of sp³-hybridized carbons (Fsp3) is 0.652. The molecule has 1 aliphatic heterocycles. The number of nitrogens with one attached hydrogen (secondary N) is 1. The summed E-state index contributed by atoms with van der Waals surface area (Å²) in [6.45, 7) is 11.9. The first-order chi connectivity index (χ1) is 13.0. The van der Waals surface area contributed by atoms with Crippen LogP contribution in [0, 0.1) is 16.7 Å². The van der Waals surface area contributed by atoms with Gasteiger partial charge in [-0.1, -0.05) is 63.0 Å². The number of hydrogen-bond acceptors (Lipinski definition) is 2. The lowest BCUT2D eigenvalue weighted by molar-refractivity contribution is -0.135. The number of likely N-dealkylation sites (tertiary alicyclic amines) is 1. The zero-order chi connectivity index (χ0) is 20.7. The summed E-state index contributed by atoms with van der Waals surface area (Å²) >= 11 is 3.41. The minimum atomic E-state index is -0.484. The second-order valence-corrected chi connectivity index (χ2v) is 10.9. The van der Waals surface area contributed by atoms with Gasteiger partial charge in [-0.15, -0.1) is 0 Å². The molecule has 3 rings (SSSR count). The molecule has 2 bridgehead atoms. The molecule has 2 aliphatic rings. The molecule has 154 valence electrons. The van der Waals surface area contributed by atoms with Crippen LogP contribution in [0.4, 0.5) is 0 Å². The molecule has 1 aliphatic carbocycles. The molecule has 1 heterocycles. The lowest BCUT2D eigenvalue weighted by atomic mass is 9.65. The highest BCUT2D eigenvalue weighted by atomic mass is 79.9. The first-order valence-electron chi connectivity index (χ1n) is 10.4. The lowest BCUT2D eigenvalue weighted by Gasteiger charge is -2.39. The van der Waals surface area contributed by atoms with Crippen LogP contribution in [0.2, 0.25) is 0 Å². The van der Waals surface area contributed by atoms with Gasteiger partial charge >= 0.3 is 0 Å². The van der Waals surface area contributed by atoms with Gasteiger partial charge in [-0.25, -0.2) is 0 Å². The molecule has 0 spiro atoms. The van der Waals surface area contributed by atoms with Crippen LogP contribution in [0.15, 0.2) is 28.7 Å². The number of halogens is 1. The van der Waals surface area contributed by atoms with Crippen molar-refractivity contribution >= 4 is 27.7 Å². The molecule has 2 fully saturated rings. The van der Waals surface area contributed by atoms with Gasteiger partial charge in [-0.2, -0.15) is 0 Å². The molecule has 2 amide bonds. The predicted molar refractivity (Wildman–Crippen MR) is 116 cm³/mol. The molecule has 1 saturated carbocycles. The second kappa shape index (κ2) is 7.81. The van der Waals surface area contributed by atoms with Gasteiger partial charge in [-0.3, -0.25) is 9.59 Å². The number of fused-ring (bicyclic) bond motifs is 2. The molecule has 1 N–H and O–H groups in total. The van der Waals surface area contributed by atoms with Gasteiger partial charge in [-0.05, 0) is 54.2 Å². The van der Waals surface area contributed by atoms with E-state index in [0.29, 0.717) is 5.56 Å². The Morgan fingerprint density at radius 2 is 2.00 bits per heavy atom. The maximum Gasteiger partial charge on any atom is 0.251 e. The van der Waals surface area contributed by atoms with Crippen molar-refractivity contribution in [2.75, 3.05) is 6.54 Å². The molecular formula is C23H33BrN2O2. The molecule has 1 aromatic carbocycles. The van der Waals surface area contributed by atoms with E-state index < -0.39 is 6.04 Å². The molecule has 0 aromatic heterocycles. The Morgan fingerprint density at radius 3 is 2.64 bits per heavy atom. The third-order valence-corrected chi connectivity index (χ3v) is 7.04. The monoisotopic (exact) mass is 448 g/mol. The SMILES string of the molecule is CCC(C)C(NC(=O)c1cccc(Br)c1)C(=O)N1CC2(C)CC1CC(C)(C)C2. The third kappa shape index (κ3) is 4.45. The number of nitrogens with zero attached hydrogens (tertiary/aromatic N) is 1. The van der Waals surface area contributed by atoms with Crippen LogP contribution in [0.5, 0.6) is 0 Å². The fourth-order valence-electron chi connectivity index (χ4n) is 5.43. The largest absolute Gasteiger partial charge is 0.340 e. The third-order valence-electron chi connectivity index (χ3n) is 6.55. The molecule has 0 radical (unpaired) electrons. The van der Waals surface area contributed by atoms with E-state index >= 15 is 0 Å². The number of rotatable bonds is 5. The van der Waals surface area contributed by atoms with E-state index in [0.717, 1.165) is 36.7 Å². The molecule has 4 atom stereocenters. The normalized spacial score (nSPS) is 27.9. The Bertz CT molecular complexity index is 763. The Labute approximate surface area is 177 Å². The molecular weight excluding hydrogens is 416 g/mol. The summed E-state index contributed by atoms with van der Waals surface area (Å²) in [5.41, 5.74) is 1.03. The molecule has 28 heavy (non-hydrogen) atoms. The Balaban J connectivity index is 1.80. The molecule has 4 unspecified atom stereocenters. The van der Waals surface area contributed by atoms with Crippen molar-refractivity contribution in [3.63, 3.8) is 0 Å². The summed E-state index contributed by atoms with van der Waals surface area (Å²) in [4.78, 5) is 28.5. The molecule has 5 heteroatoms. The van der Waals surface area contributed by atoms with E-state index in [-0.39, 0.29) is 34.6 Å². The number of benzene rings is 1. The average molecular weight is 449 g/mol. The van der Waals surface area contributed by atoms with E-state index in [1.165, 1.54) is 0 Å². The van der Waals surface area contributed by atoms with Crippen LogP contribution >= 0.6 is 15.9 Å². The number of carbonyl (C=O) groups is 2. The van der Waals surface area contributed by atoms with Crippen molar-refractivity contribution in [3.8, 4) is 0 Å². The summed E-state index contributed by atoms with van der Waals surface area (Å²) in [7, 11) is 0. The summed E-state index contributed by atoms with van der Waals surface area (Å²) in [6, 6.07) is 7.11. The lowest BCUT2D eigenvalue weighted by Crippen LogP contribution is -2.53. The smallest absolute Gasteiger partial charge is 0.251 e. The highest BCUT2D eigenvalue weighted by molar-refractivity contribution is 9.10. The van der Waals surface area contributed by atoms with E-state index in [1.807, 2.05) is 12.1 Å². The van der Waals surface area contributed by atoms with Crippen LogP contribution in [0.1, 0.15) is 70.7 Å². The highest BCUT2D eigenvalue weighted by Crippen LogP contribution is 2.52. The Morgan fingerprint density at radius 1 is 1.29 bits per heavy atom. The van der Waals surface area contributed by atoms with Crippen LogP contribution in [-0.2, 0) is 4.79 Å². The fourth-order valence-corrected chi connectivity index (χ4v) is 5.83. The Kier molecular flexibility index (Phi) is 5.96.